The molecule has 1 heterocycles. The largest absolute Gasteiger partial charge is 0.494 e. The predicted molar refractivity (Wildman–Crippen MR) is 104 cm³/mol. The summed E-state index contributed by atoms with van der Waals surface area (Å²) in [4.78, 5) is 13.9. The SMILES string of the molecule is CCCCOc1ccc(C(=O)NCC2(c3cccs3)CCCC2)cc1. The van der Waals surface area contributed by atoms with E-state index in [1.807, 2.05) is 35.6 Å². The topological polar surface area (TPSA) is 38.3 Å². The van der Waals surface area contributed by atoms with Crippen LogP contribution in [0.2, 0.25) is 0 Å². The Bertz CT molecular complexity index is 658. The van der Waals surface area contributed by atoms with E-state index in [2.05, 4.69) is 29.8 Å². The van der Waals surface area contributed by atoms with Crippen LogP contribution in [0.15, 0.2) is 41.8 Å². The molecule has 3 nitrogen and oxygen atoms in total. The van der Waals surface area contributed by atoms with E-state index in [4.69, 9.17) is 4.74 Å². The third-order valence-electron chi connectivity index (χ3n) is 5.07. The number of hydrogen-bond donors (Lipinski definition) is 1. The number of carbonyl (C=O) groups is 1. The van der Waals surface area contributed by atoms with E-state index in [9.17, 15) is 4.79 Å². The van der Waals surface area contributed by atoms with Gasteiger partial charge in [0.1, 0.15) is 5.75 Å². The van der Waals surface area contributed by atoms with E-state index in [0.29, 0.717) is 5.56 Å². The number of nitrogens with one attached hydrogen (secondary N) is 1. The van der Waals surface area contributed by atoms with Crippen molar-refractivity contribution in [2.24, 2.45) is 0 Å². The highest BCUT2D eigenvalue weighted by Crippen LogP contribution is 2.42. The molecule has 0 aliphatic heterocycles. The minimum Gasteiger partial charge on any atom is -0.494 e. The van der Waals surface area contributed by atoms with Crippen molar-refractivity contribution in [1.82, 2.24) is 5.32 Å². The van der Waals surface area contributed by atoms with Gasteiger partial charge in [-0.3, -0.25) is 4.79 Å². The fourth-order valence-electron chi connectivity index (χ4n) is 3.53. The van der Waals surface area contributed by atoms with Gasteiger partial charge >= 0.3 is 0 Å². The highest BCUT2D eigenvalue weighted by atomic mass is 32.1. The maximum Gasteiger partial charge on any atom is 0.251 e. The zero-order valence-corrected chi connectivity index (χ0v) is 15.7. The lowest BCUT2D eigenvalue weighted by atomic mass is 9.84. The van der Waals surface area contributed by atoms with Gasteiger partial charge in [-0.1, -0.05) is 32.3 Å². The van der Waals surface area contributed by atoms with E-state index in [-0.39, 0.29) is 11.3 Å². The van der Waals surface area contributed by atoms with Gasteiger partial charge in [-0.15, -0.1) is 11.3 Å². The van der Waals surface area contributed by atoms with E-state index in [0.717, 1.165) is 44.6 Å². The van der Waals surface area contributed by atoms with Crippen LogP contribution in [0, 0.1) is 0 Å². The molecule has 1 N–H and O–H groups in total. The lowest BCUT2D eigenvalue weighted by Crippen LogP contribution is -2.38. The minimum absolute atomic E-state index is 0.00272. The summed E-state index contributed by atoms with van der Waals surface area (Å²) >= 11 is 1.81. The summed E-state index contributed by atoms with van der Waals surface area (Å²) in [5.74, 6) is 0.832. The molecule has 2 aromatic rings. The second kappa shape index (κ2) is 8.52. The fraction of sp³-hybridized carbons (Fsp3) is 0.476. The summed E-state index contributed by atoms with van der Waals surface area (Å²) in [6.45, 7) is 3.59. The smallest absolute Gasteiger partial charge is 0.251 e. The molecule has 4 heteroatoms. The molecule has 134 valence electrons. The highest BCUT2D eigenvalue weighted by molar-refractivity contribution is 7.10. The van der Waals surface area contributed by atoms with Crippen molar-refractivity contribution in [3.05, 3.63) is 52.2 Å². The molecule has 1 aromatic carbocycles. The zero-order chi connectivity index (χ0) is 17.5. The lowest BCUT2D eigenvalue weighted by molar-refractivity contribution is 0.0943. The number of rotatable bonds is 8. The van der Waals surface area contributed by atoms with Crippen molar-refractivity contribution in [1.29, 1.82) is 0 Å². The van der Waals surface area contributed by atoms with Crippen molar-refractivity contribution in [3.8, 4) is 5.75 Å². The Morgan fingerprint density at radius 1 is 1.20 bits per heavy atom. The van der Waals surface area contributed by atoms with Gasteiger partial charge in [0.15, 0.2) is 0 Å². The zero-order valence-electron chi connectivity index (χ0n) is 14.9. The van der Waals surface area contributed by atoms with Crippen LogP contribution in [0.1, 0.15) is 60.7 Å². The normalized spacial score (nSPS) is 15.9. The molecular formula is C21H27NO2S. The maximum absolute atomic E-state index is 12.5. The monoisotopic (exact) mass is 357 g/mol. The second-order valence-electron chi connectivity index (χ2n) is 6.87. The first-order valence-corrected chi connectivity index (χ1v) is 10.2. The van der Waals surface area contributed by atoms with Crippen molar-refractivity contribution in [2.75, 3.05) is 13.2 Å². The number of thiophene rings is 1. The van der Waals surface area contributed by atoms with Crippen molar-refractivity contribution < 1.29 is 9.53 Å². The van der Waals surface area contributed by atoms with Crippen LogP contribution in [0.4, 0.5) is 0 Å². The van der Waals surface area contributed by atoms with Gasteiger partial charge in [0.25, 0.3) is 5.91 Å². The maximum atomic E-state index is 12.5. The number of amides is 1. The summed E-state index contributed by atoms with van der Waals surface area (Å²) in [6.07, 6.45) is 6.99. The molecule has 0 radical (unpaired) electrons. The first-order valence-electron chi connectivity index (χ1n) is 9.28. The molecule has 1 aromatic heterocycles. The number of hydrogen-bond acceptors (Lipinski definition) is 3. The molecule has 1 aliphatic rings. The third-order valence-corrected chi connectivity index (χ3v) is 6.19. The van der Waals surface area contributed by atoms with Crippen LogP contribution in [0.3, 0.4) is 0 Å². The summed E-state index contributed by atoms with van der Waals surface area (Å²) in [5.41, 5.74) is 0.828. The number of benzene rings is 1. The molecule has 1 amide bonds. The van der Waals surface area contributed by atoms with Gasteiger partial charge < -0.3 is 10.1 Å². The Balaban J connectivity index is 1.58. The van der Waals surface area contributed by atoms with Gasteiger partial charge in [0.2, 0.25) is 0 Å². The predicted octanol–water partition coefficient (Wildman–Crippen LogP) is 5.17. The van der Waals surface area contributed by atoms with Gasteiger partial charge in [0, 0.05) is 22.4 Å². The molecule has 1 aliphatic carbocycles. The number of carbonyl (C=O) groups excluding carboxylic acids is 1. The molecule has 0 bridgehead atoms. The highest BCUT2D eigenvalue weighted by Gasteiger charge is 2.36. The Hall–Kier alpha value is -1.81. The van der Waals surface area contributed by atoms with Crippen LogP contribution in [-0.4, -0.2) is 19.1 Å². The van der Waals surface area contributed by atoms with Gasteiger partial charge in [0.05, 0.1) is 6.61 Å². The molecule has 0 saturated heterocycles. The average molecular weight is 358 g/mol. The van der Waals surface area contributed by atoms with Crippen LogP contribution in [-0.2, 0) is 5.41 Å². The number of ether oxygens (including phenoxy) is 1. The van der Waals surface area contributed by atoms with E-state index < -0.39 is 0 Å². The van der Waals surface area contributed by atoms with Crippen molar-refractivity contribution in [3.63, 3.8) is 0 Å². The molecule has 0 atom stereocenters. The Labute approximate surface area is 154 Å². The quantitative estimate of drug-likeness (QED) is 0.662. The molecular weight excluding hydrogens is 330 g/mol. The standard InChI is InChI=1S/C21H27NO2S/c1-2-3-14-24-18-10-8-17(9-11-18)20(23)22-16-21(12-4-5-13-21)19-7-6-15-25-19/h6-11,15H,2-5,12-14,16H2,1H3,(H,22,23). The van der Waals surface area contributed by atoms with Crippen LogP contribution >= 0.6 is 11.3 Å². The van der Waals surface area contributed by atoms with Gasteiger partial charge in [-0.25, -0.2) is 0 Å². The summed E-state index contributed by atoms with van der Waals surface area (Å²) in [7, 11) is 0. The molecule has 1 fully saturated rings. The van der Waals surface area contributed by atoms with Gasteiger partial charge in [-0.05, 0) is 55.0 Å². The first-order chi connectivity index (χ1) is 12.2. The van der Waals surface area contributed by atoms with Crippen LogP contribution < -0.4 is 10.1 Å². The lowest BCUT2D eigenvalue weighted by Gasteiger charge is -2.28. The van der Waals surface area contributed by atoms with E-state index in [1.54, 1.807) is 0 Å². The van der Waals surface area contributed by atoms with Crippen LogP contribution in [0.25, 0.3) is 0 Å². The summed E-state index contributed by atoms with van der Waals surface area (Å²) in [5, 5.41) is 5.30. The van der Waals surface area contributed by atoms with Crippen molar-refractivity contribution >= 4 is 17.2 Å². The Morgan fingerprint density at radius 3 is 2.60 bits per heavy atom. The van der Waals surface area contributed by atoms with Crippen molar-refractivity contribution in [2.45, 2.75) is 50.9 Å². The molecule has 3 rings (SSSR count). The molecule has 0 spiro atoms. The van der Waals surface area contributed by atoms with Crippen LogP contribution in [0.5, 0.6) is 5.75 Å². The molecule has 25 heavy (non-hydrogen) atoms. The number of unbranched alkanes of at least 4 members (excludes halogenated alkanes) is 1. The van der Waals surface area contributed by atoms with Gasteiger partial charge in [-0.2, -0.15) is 0 Å². The van der Waals surface area contributed by atoms with E-state index in [1.165, 1.54) is 17.7 Å². The molecule has 0 unspecified atom stereocenters. The summed E-state index contributed by atoms with van der Waals surface area (Å²) in [6, 6.07) is 11.8. The molecule has 1 saturated carbocycles. The third kappa shape index (κ3) is 4.43. The summed E-state index contributed by atoms with van der Waals surface area (Å²) < 4.78 is 5.66. The average Bonchev–Trinajstić information content (AvgIpc) is 3.33. The fourth-order valence-corrected chi connectivity index (χ4v) is 4.52. The Morgan fingerprint density at radius 2 is 1.96 bits per heavy atom. The minimum atomic E-state index is 0.00272. The Kier molecular flexibility index (Phi) is 6.14. The first kappa shape index (κ1) is 18.0. The second-order valence-corrected chi connectivity index (χ2v) is 7.82. The van der Waals surface area contributed by atoms with E-state index >= 15 is 0 Å².